The molecule has 3 heterocycles. The van der Waals surface area contributed by atoms with Crippen LogP contribution in [0.5, 0.6) is 11.5 Å². The molecule has 1 aromatic carbocycles. The predicted molar refractivity (Wildman–Crippen MR) is 96.0 cm³/mol. The van der Waals surface area contributed by atoms with E-state index in [1.54, 1.807) is 17.7 Å². The summed E-state index contributed by atoms with van der Waals surface area (Å²) in [5.41, 5.74) is 1.16. The number of anilines is 1. The van der Waals surface area contributed by atoms with Crippen LogP contribution in [0.15, 0.2) is 36.0 Å². The molecule has 1 N–H and O–H groups in total. The van der Waals surface area contributed by atoms with Crippen LogP contribution in [0.3, 0.4) is 0 Å². The largest absolute Gasteiger partial charge is 0.486 e. The van der Waals surface area contributed by atoms with E-state index in [1.807, 2.05) is 11.4 Å². The van der Waals surface area contributed by atoms with E-state index in [0.717, 1.165) is 33.1 Å². The number of aromatic nitrogens is 2. The Kier molecular flexibility index (Phi) is 3.98. The fourth-order valence-corrected chi connectivity index (χ4v) is 3.67. The maximum absolute atomic E-state index is 5.73. The molecule has 0 unspecified atom stereocenters. The number of fused-ring (bicyclic) bond motifs is 2. The van der Waals surface area contributed by atoms with Crippen molar-refractivity contribution in [1.29, 1.82) is 0 Å². The second-order valence-electron chi connectivity index (χ2n) is 6.13. The first-order valence-electron chi connectivity index (χ1n) is 8.06. The van der Waals surface area contributed by atoms with Crippen molar-refractivity contribution in [2.45, 2.75) is 19.9 Å². The summed E-state index contributed by atoms with van der Waals surface area (Å²) in [6.45, 7) is 5.59. The van der Waals surface area contributed by atoms with Gasteiger partial charge in [-0.3, -0.25) is 0 Å². The molecule has 0 saturated heterocycles. The van der Waals surface area contributed by atoms with Gasteiger partial charge in [-0.05, 0) is 35.1 Å². The van der Waals surface area contributed by atoms with Crippen molar-refractivity contribution >= 4 is 27.4 Å². The van der Waals surface area contributed by atoms with E-state index >= 15 is 0 Å². The van der Waals surface area contributed by atoms with Gasteiger partial charge in [0, 0.05) is 0 Å². The number of hydrogen-bond donors (Lipinski definition) is 1. The minimum atomic E-state index is 0.124. The standard InChI is InChI=1S/C18H19N3O2S/c1-11(2)16(12-3-4-14-15(9-12)23-7-6-22-14)21-17-13-5-8-24-18(13)20-10-19-17/h3-5,8-11,16H,6-7H2,1-2H3,(H,19,20,21)/t16-/m0/s1. The highest BCUT2D eigenvalue weighted by molar-refractivity contribution is 7.16. The molecule has 0 bridgehead atoms. The molecule has 0 saturated carbocycles. The van der Waals surface area contributed by atoms with Gasteiger partial charge in [0.05, 0.1) is 11.4 Å². The third-order valence-electron chi connectivity index (χ3n) is 4.15. The van der Waals surface area contributed by atoms with Gasteiger partial charge in [-0.1, -0.05) is 19.9 Å². The van der Waals surface area contributed by atoms with Crippen molar-refractivity contribution < 1.29 is 9.47 Å². The second-order valence-corrected chi connectivity index (χ2v) is 7.03. The van der Waals surface area contributed by atoms with Crippen molar-refractivity contribution in [3.63, 3.8) is 0 Å². The molecule has 124 valence electrons. The Labute approximate surface area is 144 Å². The van der Waals surface area contributed by atoms with Gasteiger partial charge in [-0.2, -0.15) is 0 Å². The molecule has 1 atom stereocenters. The van der Waals surface area contributed by atoms with Crippen LogP contribution < -0.4 is 14.8 Å². The maximum Gasteiger partial charge on any atom is 0.161 e. The van der Waals surface area contributed by atoms with Gasteiger partial charge in [0.15, 0.2) is 11.5 Å². The third kappa shape index (κ3) is 2.78. The summed E-state index contributed by atoms with van der Waals surface area (Å²) in [7, 11) is 0. The van der Waals surface area contributed by atoms with Crippen LogP contribution in [0.2, 0.25) is 0 Å². The molecule has 0 aliphatic carbocycles. The van der Waals surface area contributed by atoms with Crippen LogP contribution in [0.1, 0.15) is 25.5 Å². The quantitative estimate of drug-likeness (QED) is 0.768. The number of ether oxygens (including phenoxy) is 2. The number of nitrogens with zero attached hydrogens (tertiary/aromatic N) is 2. The van der Waals surface area contributed by atoms with E-state index in [4.69, 9.17) is 9.47 Å². The second kappa shape index (κ2) is 6.28. The van der Waals surface area contributed by atoms with Crippen molar-refractivity contribution in [2.24, 2.45) is 5.92 Å². The molecule has 0 amide bonds. The number of thiophene rings is 1. The minimum Gasteiger partial charge on any atom is -0.486 e. The molecule has 0 radical (unpaired) electrons. The molecule has 0 fully saturated rings. The lowest BCUT2D eigenvalue weighted by atomic mass is 9.95. The molecule has 4 rings (SSSR count). The smallest absolute Gasteiger partial charge is 0.161 e. The Morgan fingerprint density at radius 3 is 2.75 bits per heavy atom. The Morgan fingerprint density at radius 1 is 1.08 bits per heavy atom. The highest BCUT2D eigenvalue weighted by atomic mass is 32.1. The Balaban J connectivity index is 1.69. The van der Waals surface area contributed by atoms with Crippen LogP contribution in [0.25, 0.3) is 10.2 Å². The molecule has 6 heteroatoms. The van der Waals surface area contributed by atoms with Gasteiger partial charge >= 0.3 is 0 Å². The van der Waals surface area contributed by atoms with Gasteiger partial charge in [0.25, 0.3) is 0 Å². The first-order valence-corrected chi connectivity index (χ1v) is 8.94. The highest BCUT2D eigenvalue weighted by Crippen LogP contribution is 2.36. The zero-order chi connectivity index (χ0) is 16.5. The first-order chi connectivity index (χ1) is 11.7. The van der Waals surface area contributed by atoms with Crippen molar-refractivity contribution in [3.05, 3.63) is 41.5 Å². The van der Waals surface area contributed by atoms with E-state index < -0.39 is 0 Å². The molecular weight excluding hydrogens is 322 g/mol. The number of nitrogens with one attached hydrogen (secondary N) is 1. The van der Waals surface area contributed by atoms with Gasteiger partial charge in [0.1, 0.15) is 30.2 Å². The van der Waals surface area contributed by atoms with Crippen LogP contribution in [0, 0.1) is 5.92 Å². The summed E-state index contributed by atoms with van der Waals surface area (Å²) >= 11 is 1.62. The molecule has 2 aromatic heterocycles. The zero-order valence-electron chi connectivity index (χ0n) is 13.7. The van der Waals surface area contributed by atoms with Gasteiger partial charge < -0.3 is 14.8 Å². The SMILES string of the molecule is CC(C)[C@H](Nc1ncnc2sccc12)c1ccc2c(c1)OCCO2. The lowest BCUT2D eigenvalue weighted by Gasteiger charge is -2.26. The van der Waals surface area contributed by atoms with E-state index in [0.29, 0.717) is 19.1 Å². The third-order valence-corrected chi connectivity index (χ3v) is 4.97. The Bertz CT molecular complexity index is 862. The average molecular weight is 341 g/mol. The fraction of sp³-hybridized carbons (Fsp3) is 0.333. The molecule has 5 nitrogen and oxygen atoms in total. The maximum atomic E-state index is 5.73. The van der Waals surface area contributed by atoms with E-state index in [-0.39, 0.29) is 6.04 Å². The van der Waals surface area contributed by atoms with E-state index in [2.05, 4.69) is 47.3 Å². The number of hydrogen-bond acceptors (Lipinski definition) is 6. The van der Waals surface area contributed by atoms with Crippen LogP contribution in [0.4, 0.5) is 5.82 Å². The number of rotatable bonds is 4. The normalized spacial score (nSPS) is 14.8. The van der Waals surface area contributed by atoms with Crippen molar-refractivity contribution in [1.82, 2.24) is 9.97 Å². The zero-order valence-corrected chi connectivity index (χ0v) is 14.5. The molecule has 3 aromatic rings. The first kappa shape index (κ1) is 15.2. The van der Waals surface area contributed by atoms with E-state index in [1.165, 1.54) is 0 Å². The summed E-state index contributed by atoms with van der Waals surface area (Å²) in [6.07, 6.45) is 1.61. The fourth-order valence-electron chi connectivity index (χ4n) is 2.94. The van der Waals surface area contributed by atoms with Crippen molar-refractivity contribution in [3.8, 4) is 11.5 Å². The van der Waals surface area contributed by atoms with Crippen molar-refractivity contribution in [2.75, 3.05) is 18.5 Å². The molecule has 0 spiro atoms. The molecule has 24 heavy (non-hydrogen) atoms. The van der Waals surface area contributed by atoms with Crippen LogP contribution >= 0.6 is 11.3 Å². The average Bonchev–Trinajstić information content (AvgIpc) is 3.08. The monoisotopic (exact) mass is 341 g/mol. The lowest BCUT2D eigenvalue weighted by molar-refractivity contribution is 0.171. The van der Waals surface area contributed by atoms with Gasteiger partial charge in [0.2, 0.25) is 0 Å². The summed E-state index contributed by atoms with van der Waals surface area (Å²) in [5, 5.41) is 6.69. The summed E-state index contributed by atoms with van der Waals surface area (Å²) < 4.78 is 11.3. The van der Waals surface area contributed by atoms with Gasteiger partial charge in [-0.25, -0.2) is 9.97 Å². The summed E-state index contributed by atoms with van der Waals surface area (Å²) in [4.78, 5) is 9.76. The topological polar surface area (TPSA) is 56.3 Å². The minimum absolute atomic E-state index is 0.124. The lowest BCUT2D eigenvalue weighted by Crippen LogP contribution is -2.19. The molecular formula is C18H19N3O2S. The Hall–Kier alpha value is -2.34. The van der Waals surface area contributed by atoms with Gasteiger partial charge in [-0.15, -0.1) is 11.3 Å². The molecule has 1 aliphatic rings. The Morgan fingerprint density at radius 2 is 1.92 bits per heavy atom. The summed E-state index contributed by atoms with van der Waals surface area (Å²) in [5.74, 6) is 2.88. The van der Waals surface area contributed by atoms with E-state index in [9.17, 15) is 0 Å². The predicted octanol–water partition coefficient (Wildman–Crippen LogP) is 4.27. The number of benzene rings is 1. The van der Waals surface area contributed by atoms with Crippen LogP contribution in [-0.2, 0) is 0 Å². The summed E-state index contributed by atoms with van der Waals surface area (Å²) in [6, 6.07) is 8.33. The van der Waals surface area contributed by atoms with Crippen LogP contribution in [-0.4, -0.2) is 23.2 Å². The molecule has 1 aliphatic heterocycles. The highest BCUT2D eigenvalue weighted by Gasteiger charge is 2.21.